The summed E-state index contributed by atoms with van der Waals surface area (Å²) in [6, 6.07) is 0. The Balaban J connectivity index is 1.75. The normalized spacial score (nSPS) is 43.9. The standard InChI is InChI=1S/C20H24O2/c1-3-20(22)11-9-18-17-6-4-13-12-14(21)5-7-15(13)16(17)8-10-19(18,20)2/h1,12,17-18,22H,4-11H2,2H3/t17?,18?,19?,20-/m0/s1. The summed E-state index contributed by atoms with van der Waals surface area (Å²) in [4.78, 5) is 11.7. The van der Waals surface area contributed by atoms with Crippen LogP contribution in [0.25, 0.3) is 0 Å². The van der Waals surface area contributed by atoms with Gasteiger partial charge < -0.3 is 5.11 Å². The largest absolute Gasteiger partial charge is 0.377 e. The molecule has 1 N–H and O–H groups in total. The minimum Gasteiger partial charge on any atom is -0.377 e. The summed E-state index contributed by atoms with van der Waals surface area (Å²) in [6.07, 6.45) is 15.1. The quantitative estimate of drug-likeness (QED) is 0.694. The fourth-order valence-corrected chi connectivity index (χ4v) is 5.79. The van der Waals surface area contributed by atoms with E-state index in [1.807, 2.05) is 6.08 Å². The van der Waals surface area contributed by atoms with Crippen molar-refractivity contribution in [3.63, 3.8) is 0 Å². The molecule has 4 atom stereocenters. The monoisotopic (exact) mass is 296 g/mol. The van der Waals surface area contributed by atoms with E-state index in [4.69, 9.17) is 6.42 Å². The first-order valence-corrected chi connectivity index (χ1v) is 8.64. The van der Waals surface area contributed by atoms with Gasteiger partial charge in [0.15, 0.2) is 5.78 Å². The predicted molar refractivity (Wildman–Crippen MR) is 85.9 cm³/mol. The van der Waals surface area contributed by atoms with E-state index in [0.29, 0.717) is 24.0 Å². The Bertz CT molecular complexity index is 647. The van der Waals surface area contributed by atoms with Crippen LogP contribution in [0.2, 0.25) is 0 Å². The predicted octanol–water partition coefficient (Wildman–Crippen LogP) is 3.56. The molecule has 2 nitrogen and oxygen atoms in total. The van der Waals surface area contributed by atoms with E-state index in [2.05, 4.69) is 12.8 Å². The summed E-state index contributed by atoms with van der Waals surface area (Å²) in [6.45, 7) is 2.21. The lowest BCUT2D eigenvalue weighted by Gasteiger charge is -2.50. The molecule has 4 aliphatic rings. The van der Waals surface area contributed by atoms with Crippen molar-refractivity contribution in [3.05, 3.63) is 22.8 Å². The molecule has 22 heavy (non-hydrogen) atoms. The molecule has 116 valence electrons. The first-order valence-electron chi connectivity index (χ1n) is 8.64. The van der Waals surface area contributed by atoms with Gasteiger partial charge in [0.1, 0.15) is 5.60 Å². The number of terminal acetylenes is 1. The van der Waals surface area contributed by atoms with E-state index in [1.54, 1.807) is 5.57 Å². The Kier molecular flexibility index (Phi) is 2.97. The van der Waals surface area contributed by atoms with Crippen LogP contribution in [0.5, 0.6) is 0 Å². The van der Waals surface area contributed by atoms with Crippen LogP contribution >= 0.6 is 0 Å². The third-order valence-electron chi connectivity index (χ3n) is 7.12. The summed E-state index contributed by atoms with van der Waals surface area (Å²) in [5.41, 5.74) is 3.31. The SMILES string of the molecule is C#C[C@]1(O)CCC2C3CCC4=CC(=O)CCC4=C3CCC21C. The topological polar surface area (TPSA) is 37.3 Å². The highest BCUT2D eigenvalue weighted by molar-refractivity contribution is 5.93. The zero-order chi connectivity index (χ0) is 15.5. The minimum atomic E-state index is -0.924. The van der Waals surface area contributed by atoms with E-state index in [-0.39, 0.29) is 5.41 Å². The maximum Gasteiger partial charge on any atom is 0.156 e. The van der Waals surface area contributed by atoms with E-state index < -0.39 is 5.60 Å². The van der Waals surface area contributed by atoms with Crippen LogP contribution in [0, 0.1) is 29.6 Å². The number of hydrogen-bond acceptors (Lipinski definition) is 2. The van der Waals surface area contributed by atoms with Crippen LogP contribution in [0.1, 0.15) is 58.3 Å². The average Bonchev–Trinajstić information content (AvgIpc) is 2.79. The van der Waals surface area contributed by atoms with Crippen molar-refractivity contribution in [1.82, 2.24) is 0 Å². The molecule has 0 heterocycles. The van der Waals surface area contributed by atoms with E-state index in [0.717, 1.165) is 44.9 Å². The van der Waals surface area contributed by atoms with Gasteiger partial charge in [0.05, 0.1) is 0 Å². The first kappa shape index (κ1) is 14.3. The molecule has 2 heteroatoms. The molecule has 2 fully saturated rings. The summed E-state index contributed by atoms with van der Waals surface area (Å²) in [5, 5.41) is 10.9. The molecule has 0 aromatic heterocycles. The highest BCUT2D eigenvalue weighted by Gasteiger charge is 2.60. The average molecular weight is 296 g/mol. The highest BCUT2D eigenvalue weighted by Crippen LogP contribution is 2.63. The molecule has 0 aliphatic heterocycles. The van der Waals surface area contributed by atoms with Gasteiger partial charge in [0, 0.05) is 11.8 Å². The van der Waals surface area contributed by atoms with Crippen LogP contribution in [0.15, 0.2) is 22.8 Å². The van der Waals surface area contributed by atoms with Crippen molar-refractivity contribution < 1.29 is 9.90 Å². The third-order valence-corrected chi connectivity index (χ3v) is 7.12. The Morgan fingerprint density at radius 3 is 2.82 bits per heavy atom. The highest BCUT2D eigenvalue weighted by atomic mass is 16.3. The van der Waals surface area contributed by atoms with Gasteiger partial charge in [-0.05, 0) is 74.0 Å². The van der Waals surface area contributed by atoms with Gasteiger partial charge in [-0.3, -0.25) is 4.79 Å². The van der Waals surface area contributed by atoms with Crippen molar-refractivity contribution in [2.45, 2.75) is 63.9 Å². The summed E-state index contributed by atoms with van der Waals surface area (Å²) in [5.74, 6) is 4.09. The van der Waals surface area contributed by atoms with Gasteiger partial charge in [0.25, 0.3) is 0 Å². The maximum absolute atomic E-state index is 11.7. The Hall–Kier alpha value is -1.33. The second kappa shape index (κ2) is 4.59. The molecule has 0 bridgehead atoms. The molecule has 4 aliphatic carbocycles. The third kappa shape index (κ3) is 1.69. The number of aliphatic hydroxyl groups is 1. The molecule has 0 aromatic rings. The molecule has 4 rings (SSSR count). The molecule has 0 spiro atoms. The number of allylic oxidation sites excluding steroid dienone is 4. The maximum atomic E-state index is 11.7. The Labute approximate surface area is 132 Å². The number of hydrogen-bond donors (Lipinski definition) is 1. The van der Waals surface area contributed by atoms with Gasteiger partial charge >= 0.3 is 0 Å². The summed E-state index contributed by atoms with van der Waals surface area (Å²) < 4.78 is 0. The molecule has 0 amide bonds. The lowest BCUT2D eigenvalue weighted by molar-refractivity contribution is -0.114. The van der Waals surface area contributed by atoms with Crippen LogP contribution in [-0.2, 0) is 4.79 Å². The molecular formula is C20H24O2. The van der Waals surface area contributed by atoms with Gasteiger partial charge in [-0.2, -0.15) is 0 Å². The summed E-state index contributed by atoms with van der Waals surface area (Å²) in [7, 11) is 0. The number of carbonyl (C=O) groups excluding carboxylic acids is 1. The second-order valence-electron chi connectivity index (χ2n) is 7.85. The molecule has 3 unspecified atom stereocenters. The number of ketones is 1. The molecule has 2 saturated carbocycles. The van der Waals surface area contributed by atoms with Crippen LogP contribution in [0.4, 0.5) is 0 Å². The summed E-state index contributed by atoms with van der Waals surface area (Å²) >= 11 is 0. The zero-order valence-electron chi connectivity index (χ0n) is 13.3. The van der Waals surface area contributed by atoms with Gasteiger partial charge in [0.2, 0.25) is 0 Å². The van der Waals surface area contributed by atoms with Crippen molar-refractivity contribution in [2.24, 2.45) is 17.3 Å². The lowest BCUT2D eigenvalue weighted by atomic mass is 9.55. The zero-order valence-corrected chi connectivity index (χ0v) is 13.3. The molecule has 0 aromatic carbocycles. The fraction of sp³-hybridized carbons (Fsp3) is 0.650. The number of fused-ring (bicyclic) bond motifs is 4. The molecular weight excluding hydrogens is 272 g/mol. The Morgan fingerprint density at radius 1 is 1.23 bits per heavy atom. The van der Waals surface area contributed by atoms with E-state index in [9.17, 15) is 9.90 Å². The minimum absolute atomic E-state index is 0.137. The van der Waals surface area contributed by atoms with Crippen molar-refractivity contribution >= 4 is 5.78 Å². The number of carbonyl (C=O) groups is 1. The first-order chi connectivity index (χ1) is 10.5. The fourth-order valence-electron chi connectivity index (χ4n) is 5.79. The van der Waals surface area contributed by atoms with Gasteiger partial charge in [-0.1, -0.05) is 18.4 Å². The molecule has 0 radical (unpaired) electrons. The van der Waals surface area contributed by atoms with Gasteiger partial charge in [-0.15, -0.1) is 6.42 Å². The Morgan fingerprint density at radius 2 is 2.05 bits per heavy atom. The second-order valence-corrected chi connectivity index (χ2v) is 7.85. The van der Waals surface area contributed by atoms with Crippen LogP contribution in [-0.4, -0.2) is 16.5 Å². The number of rotatable bonds is 0. The lowest BCUT2D eigenvalue weighted by Crippen LogP contribution is -2.48. The van der Waals surface area contributed by atoms with E-state index >= 15 is 0 Å². The van der Waals surface area contributed by atoms with E-state index in [1.165, 1.54) is 11.1 Å². The van der Waals surface area contributed by atoms with Gasteiger partial charge in [-0.25, -0.2) is 0 Å². The van der Waals surface area contributed by atoms with Crippen LogP contribution in [0.3, 0.4) is 0 Å². The smallest absolute Gasteiger partial charge is 0.156 e. The van der Waals surface area contributed by atoms with Crippen molar-refractivity contribution in [3.8, 4) is 12.3 Å². The van der Waals surface area contributed by atoms with Crippen molar-refractivity contribution in [2.75, 3.05) is 0 Å². The van der Waals surface area contributed by atoms with Crippen molar-refractivity contribution in [1.29, 1.82) is 0 Å². The van der Waals surface area contributed by atoms with Crippen LogP contribution < -0.4 is 0 Å². The molecule has 0 saturated heterocycles.